The van der Waals surface area contributed by atoms with Gasteiger partial charge in [-0.05, 0) is 42.8 Å². The zero-order valence-electron chi connectivity index (χ0n) is 17.2. The molecule has 0 saturated carbocycles. The zero-order valence-corrected chi connectivity index (χ0v) is 18.0. The molecule has 10 heteroatoms. The minimum absolute atomic E-state index is 0.0909. The Hall–Kier alpha value is -3.14. The van der Waals surface area contributed by atoms with Crippen molar-refractivity contribution in [2.75, 3.05) is 11.5 Å². The lowest BCUT2D eigenvalue weighted by molar-refractivity contribution is -0.137. The number of sulfone groups is 1. The molecule has 1 amide bonds. The second-order valence-corrected chi connectivity index (χ2v) is 10.0. The molecule has 0 aliphatic carbocycles. The third kappa shape index (κ3) is 5.11. The predicted octanol–water partition coefficient (Wildman–Crippen LogP) is 4.93. The van der Waals surface area contributed by atoms with Crippen LogP contribution in [0.25, 0.3) is 11.3 Å². The van der Waals surface area contributed by atoms with Gasteiger partial charge in [0.05, 0.1) is 29.2 Å². The smallest absolute Gasteiger partial charge is 0.416 e. The summed E-state index contributed by atoms with van der Waals surface area (Å²) in [6.45, 7) is -0.160. The van der Waals surface area contributed by atoms with Crippen LogP contribution in [0.15, 0.2) is 65.1 Å². The van der Waals surface area contributed by atoms with Gasteiger partial charge in [-0.1, -0.05) is 24.3 Å². The first-order valence-corrected chi connectivity index (χ1v) is 11.9. The maximum Gasteiger partial charge on any atom is 0.416 e. The van der Waals surface area contributed by atoms with Crippen LogP contribution < -0.4 is 0 Å². The normalized spacial score (nSPS) is 17.8. The molecular weight excluding hydrogens is 462 g/mol. The van der Waals surface area contributed by atoms with Crippen molar-refractivity contribution in [3.63, 3.8) is 0 Å². The fourth-order valence-corrected chi connectivity index (χ4v) is 5.54. The fourth-order valence-electron chi connectivity index (χ4n) is 3.81. The molecule has 0 bridgehead atoms. The highest BCUT2D eigenvalue weighted by Crippen LogP contribution is 2.33. The van der Waals surface area contributed by atoms with E-state index in [1.807, 2.05) is 0 Å². The van der Waals surface area contributed by atoms with Crippen molar-refractivity contribution in [1.29, 1.82) is 0 Å². The topological polar surface area (TPSA) is 67.6 Å². The quantitative estimate of drug-likeness (QED) is 0.485. The van der Waals surface area contributed by atoms with Crippen LogP contribution in [0.4, 0.5) is 17.6 Å². The Bertz CT molecular complexity index is 1280. The lowest BCUT2D eigenvalue weighted by Crippen LogP contribution is -2.40. The number of alkyl halides is 3. The highest BCUT2D eigenvalue weighted by Gasteiger charge is 2.36. The average molecular weight is 481 g/mol. The second-order valence-electron chi connectivity index (χ2n) is 7.81. The monoisotopic (exact) mass is 481 g/mol. The number of carbonyl (C=O) groups is 1. The lowest BCUT2D eigenvalue weighted by Gasteiger charge is -2.27. The summed E-state index contributed by atoms with van der Waals surface area (Å²) in [5.41, 5.74) is -0.830. The predicted molar refractivity (Wildman–Crippen MR) is 112 cm³/mol. The van der Waals surface area contributed by atoms with Gasteiger partial charge in [-0.15, -0.1) is 0 Å². The summed E-state index contributed by atoms with van der Waals surface area (Å²) in [4.78, 5) is 14.4. The Balaban J connectivity index is 1.63. The Morgan fingerprint density at radius 2 is 1.82 bits per heavy atom. The minimum Gasteiger partial charge on any atom is -0.459 e. The molecule has 2 aromatic carbocycles. The SMILES string of the molecule is O=C(c1ccccc1F)N(Cc1ccc(-c2cccc(C(F)(F)F)c2)o1)C1CCS(=O)(=O)C1. The number of benzene rings is 2. The van der Waals surface area contributed by atoms with Crippen LogP contribution >= 0.6 is 0 Å². The Kier molecular flexibility index (Phi) is 6.04. The molecule has 1 aliphatic heterocycles. The Labute approximate surface area is 187 Å². The molecule has 3 aromatic rings. The van der Waals surface area contributed by atoms with Gasteiger partial charge in [0, 0.05) is 11.6 Å². The molecule has 0 radical (unpaired) electrons. The van der Waals surface area contributed by atoms with Gasteiger partial charge in [0.2, 0.25) is 0 Å². The van der Waals surface area contributed by atoms with Gasteiger partial charge >= 0.3 is 6.18 Å². The van der Waals surface area contributed by atoms with Crippen LogP contribution in [0.5, 0.6) is 0 Å². The first-order chi connectivity index (χ1) is 15.5. The molecule has 0 N–H and O–H groups in total. The summed E-state index contributed by atoms with van der Waals surface area (Å²) in [7, 11) is -3.34. The molecule has 4 rings (SSSR count). The van der Waals surface area contributed by atoms with Crippen LogP contribution in [0.3, 0.4) is 0 Å². The van der Waals surface area contributed by atoms with E-state index in [2.05, 4.69) is 0 Å². The molecule has 5 nitrogen and oxygen atoms in total. The molecule has 33 heavy (non-hydrogen) atoms. The summed E-state index contributed by atoms with van der Waals surface area (Å²) >= 11 is 0. The largest absolute Gasteiger partial charge is 0.459 e. The van der Waals surface area contributed by atoms with Crippen molar-refractivity contribution in [2.24, 2.45) is 0 Å². The van der Waals surface area contributed by atoms with Crippen LogP contribution in [0.1, 0.15) is 28.1 Å². The summed E-state index contributed by atoms with van der Waals surface area (Å²) in [6.07, 6.45) is -4.31. The molecule has 0 spiro atoms. The van der Waals surface area contributed by atoms with Crippen molar-refractivity contribution in [3.05, 3.63) is 83.4 Å². The third-order valence-electron chi connectivity index (χ3n) is 5.48. The van der Waals surface area contributed by atoms with Gasteiger partial charge in [-0.2, -0.15) is 13.2 Å². The first-order valence-electron chi connectivity index (χ1n) is 10.1. The fraction of sp³-hybridized carbons (Fsp3) is 0.261. The molecule has 1 saturated heterocycles. The number of hydrogen-bond acceptors (Lipinski definition) is 4. The van der Waals surface area contributed by atoms with Crippen molar-refractivity contribution < 1.29 is 35.2 Å². The van der Waals surface area contributed by atoms with Gasteiger partial charge in [-0.25, -0.2) is 12.8 Å². The number of halogens is 4. The minimum atomic E-state index is -4.51. The van der Waals surface area contributed by atoms with Gasteiger partial charge in [0.25, 0.3) is 5.91 Å². The summed E-state index contributed by atoms with van der Waals surface area (Å²) < 4.78 is 83.0. The van der Waals surface area contributed by atoms with E-state index in [1.165, 1.54) is 47.4 Å². The summed E-state index contributed by atoms with van der Waals surface area (Å²) in [5, 5.41) is 0. The standard InChI is InChI=1S/C23H19F4NO4S/c24-20-7-2-1-6-19(20)22(29)28(17-10-11-33(30,31)14-17)13-18-8-9-21(32-18)15-4-3-5-16(12-15)23(25,26)27/h1-9,12,17H,10-11,13-14H2. The van der Waals surface area contributed by atoms with Crippen molar-refractivity contribution in [2.45, 2.75) is 25.2 Å². The summed E-state index contributed by atoms with van der Waals surface area (Å²) in [6, 6.07) is 12.3. The highest BCUT2D eigenvalue weighted by atomic mass is 32.2. The molecule has 2 heterocycles. The third-order valence-corrected chi connectivity index (χ3v) is 7.23. The second kappa shape index (κ2) is 8.66. The molecule has 1 aliphatic rings. The van der Waals surface area contributed by atoms with Crippen LogP contribution in [0.2, 0.25) is 0 Å². The van der Waals surface area contributed by atoms with E-state index >= 15 is 0 Å². The molecule has 1 aromatic heterocycles. The summed E-state index contributed by atoms with van der Waals surface area (Å²) in [5.74, 6) is -1.38. The number of hydrogen-bond donors (Lipinski definition) is 0. The van der Waals surface area contributed by atoms with Crippen molar-refractivity contribution in [3.8, 4) is 11.3 Å². The van der Waals surface area contributed by atoms with Crippen molar-refractivity contribution >= 4 is 15.7 Å². The number of rotatable bonds is 5. The van der Waals surface area contributed by atoms with Gasteiger partial charge < -0.3 is 9.32 Å². The number of carbonyl (C=O) groups excluding carboxylic acids is 1. The van der Waals surface area contributed by atoms with Gasteiger partial charge in [-0.3, -0.25) is 4.79 Å². The van der Waals surface area contributed by atoms with E-state index in [-0.39, 0.29) is 47.1 Å². The van der Waals surface area contributed by atoms with E-state index in [0.717, 1.165) is 18.2 Å². The number of nitrogens with zero attached hydrogens (tertiary/aromatic N) is 1. The number of amides is 1. The maximum absolute atomic E-state index is 14.3. The molecular formula is C23H19F4NO4S. The van der Waals surface area contributed by atoms with Crippen LogP contribution in [-0.4, -0.2) is 36.8 Å². The van der Waals surface area contributed by atoms with Gasteiger partial charge in [0.1, 0.15) is 17.3 Å². The van der Waals surface area contributed by atoms with Crippen LogP contribution in [0, 0.1) is 5.82 Å². The van der Waals surface area contributed by atoms with E-state index in [9.17, 15) is 30.8 Å². The van der Waals surface area contributed by atoms with Gasteiger partial charge in [0.15, 0.2) is 9.84 Å². The van der Waals surface area contributed by atoms with E-state index in [0.29, 0.717) is 0 Å². The highest BCUT2D eigenvalue weighted by molar-refractivity contribution is 7.91. The van der Waals surface area contributed by atoms with E-state index < -0.39 is 39.3 Å². The molecule has 1 atom stereocenters. The first kappa shape index (κ1) is 23.0. The average Bonchev–Trinajstić information content (AvgIpc) is 3.37. The van der Waals surface area contributed by atoms with Crippen molar-refractivity contribution in [1.82, 2.24) is 4.90 Å². The molecule has 1 unspecified atom stereocenters. The maximum atomic E-state index is 14.3. The van der Waals surface area contributed by atoms with E-state index in [4.69, 9.17) is 4.42 Å². The Morgan fingerprint density at radius 3 is 2.48 bits per heavy atom. The lowest BCUT2D eigenvalue weighted by atomic mass is 10.1. The number of furan rings is 1. The van der Waals surface area contributed by atoms with Crippen LogP contribution in [-0.2, 0) is 22.6 Å². The Morgan fingerprint density at radius 1 is 1.06 bits per heavy atom. The molecule has 1 fully saturated rings. The molecule has 174 valence electrons. The zero-order chi connectivity index (χ0) is 23.8. The van der Waals surface area contributed by atoms with E-state index in [1.54, 1.807) is 0 Å².